The zero-order valence-electron chi connectivity index (χ0n) is 8.29. The van der Waals surface area contributed by atoms with Gasteiger partial charge in [-0.15, -0.1) is 11.6 Å². The van der Waals surface area contributed by atoms with Crippen LogP contribution in [0.1, 0.15) is 16.7 Å². The Morgan fingerprint density at radius 3 is 2.69 bits per heavy atom. The monoisotopic (exact) mass is 242 g/mol. The van der Waals surface area contributed by atoms with Gasteiger partial charge in [0.25, 0.3) is 0 Å². The van der Waals surface area contributed by atoms with Gasteiger partial charge in [0.15, 0.2) is 11.6 Å². The van der Waals surface area contributed by atoms with Crippen molar-refractivity contribution in [3.63, 3.8) is 0 Å². The van der Waals surface area contributed by atoms with Crippen molar-refractivity contribution in [1.29, 1.82) is 0 Å². The van der Waals surface area contributed by atoms with Gasteiger partial charge in [-0.05, 0) is 30.2 Å². The molecule has 0 N–H and O–H groups in total. The minimum Gasteiger partial charge on any atom is -0.468 e. The molecule has 1 heterocycles. The summed E-state index contributed by atoms with van der Waals surface area (Å²) in [7, 11) is 0. The Hall–Kier alpha value is -1.35. The molecule has 1 nitrogen and oxygen atoms in total. The fraction of sp³-hybridized carbons (Fsp3) is 0.167. The molecule has 0 saturated carbocycles. The maximum atomic E-state index is 13.3. The maximum Gasteiger partial charge on any atom is 0.162 e. The van der Waals surface area contributed by atoms with Crippen LogP contribution in [-0.2, 0) is 6.42 Å². The predicted molar refractivity (Wildman–Crippen MR) is 57.4 cm³/mol. The molecule has 0 bridgehead atoms. The standard InChI is InChI=1S/C12H9ClF2O/c13-9(11-5-2-6-16-11)7-8-3-1-4-10(14)12(8)15/h1-6,9H,7H2. The van der Waals surface area contributed by atoms with Crippen molar-refractivity contribution >= 4 is 11.6 Å². The molecule has 4 heteroatoms. The van der Waals surface area contributed by atoms with E-state index < -0.39 is 17.0 Å². The van der Waals surface area contributed by atoms with Crippen molar-refractivity contribution in [2.24, 2.45) is 0 Å². The van der Waals surface area contributed by atoms with Crippen molar-refractivity contribution < 1.29 is 13.2 Å². The van der Waals surface area contributed by atoms with Crippen LogP contribution >= 0.6 is 11.6 Å². The summed E-state index contributed by atoms with van der Waals surface area (Å²) >= 11 is 6.02. The molecular formula is C12H9ClF2O. The highest BCUT2D eigenvalue weighted by molar-refractivity contribution is 6.20. The Bertz CT molecular complexity index is 468. The van der Waals surface area contributed by atoms with E-state index in [0.29, 0.717) is 5.76 Å². The lowest BCUT2D eigenvalue weighted by Gasteiger charge is -2.07. The van der Waals surface area contributed by atoms with Gasteiger partial charge >= 0.3 is 0 Å². The van der Waals surface area contributed by atoms with Crippen molar-refractivity contribution in [3.8, 4) is 0 Å². The van der Waals surface area contributed by atoms with Crippen molar-refractivity contribution in [3.05, 3.63) is 59.6 Å². The molecule has 0 saturated heterocycles. The molecule has 0 aliphatic rings. The van der Waals surface area contributed by atoms with Gasteiger partial charge < -0.3 is 4.42 Å². The third-order valence-electron chi connectivity index (χ3n) is 2.28. The molecule has 16 heavy (non-hydrogen) atoms. The van der Waals surface area contributed by atoms with Crippen LogP contribution in [0.4, 0.5) is 8.78 Å². The van der Waals surface area contributed by atoms with Gasteiger partial charge in [-0.2, -0.15) is 0 Å². The Morgan fingerprint density at radius 2 is 2.00 bits per heavy atom. The van der Waals surface area contributed by atoms with Gasteiger partial charge in [-0.1, -0.05) is 12.1 Å². The van der Waals surface area contributed by atoms with Crippen LogP contribution in [0.2, 0.25) is 0 Å². The lowest BCUT2D eigenvalue weighted by atomic mass is 10.1. The van der Waals surface area contributed by atoms with Crippen LogP contribution in [0, 0.1) is 11.6 Å². The fourth-order valence-corrected chi connectivity index (χ4v) is 1.76. The molecule has 84 valence electrons. The first-order valence-corrected chi connectivity index (χ1v) is 5.22. The number of benzene rings is 1. The van der Waals surface area contributed by atoms with Crippen LogP contribution in [0.15, 0.2) is 41.0 Å². The number of furan rings is 1. The molecule has 2 rings (SSSR count). The molecule has 0 spiro atoms. The van der Waals surface area contributed by atoms with E-state index in [1.165, 1.54) is 18.4 Å². The quantitative estimate of drug-likeness (QED) is 0.739. The van der Waals surface area contributed by atoms with Gasteiger partial charge in [0.2, 0.25) is 0 Å². The summed E-state index contributed by atoms with van der Waals surface area (Å²) in [6.07, 6.45) is 1.69. The van der Waals surface area contributed by atoms with Gasteiger partial charge in [-0.25, -0.2) is 8.78 Å². The van der Waals surface area contributed by atoms with Gasteiger partial charge in [-0.3, -0.25) is 0 Å². The molecule has 0 aliphatic heterocycles. The molecule has 0 radical (unpaired) electrons. The summed E-state index contributed by atoms with van der Waals surface area (Å²) in [5.41, 5.74) is 0.247. The second-order valence-electron chi connectivity index (χ2n) is 3.40. The molecule has 0 fully saturated rings. The molecule has 1 atom stereocenters. The first-order chi connectivity index (χ1) is 7.68. The Balaban J connectivity index is 2.18. The summed E-state index contributed by atoms with van der Waals surface area (Å²) in [5.74, 6) is -1.16. The van der Waals surface area contributed by atoms with E-state index >= 15 is 0 Å². The highest BCUT2D eigenvalue weighted by Crippen LogP contribution is 2.26. The van der Waals surface area contributed by atoms with E-state index in [4.69, 9.17) is 16.0 Å². The third-order valence-corrected chi connectivity index (χ3v) is 2.65. The first-order valence-electron chi connectivity index (χ1n) is 4.79. The third kappa shape index (κ3) is 2.25. The molecule has 1 aromatic carbocycles. The molecule has 0 amide bonds. The summed E-state index contributed by atoms with van der Waals surface area (Å²) in [6, 6.07) is 7.45. The van der Waals surface area contributed by atoms with Crippen molar-refractivity contribution in [2.75, 3.05) is 0 Å². The largest absolute Gasteiger partial charge is 0.468 e. The molecule has 1 unspecified atom stereocenters. The lowest BCUT2D eigenvalue weighted by Crippen LogP contribution is -1.99. The topological polar surface area (TPSA) is 13.1 Å². The average Bonchev–Trinajstić information content (AvgIpc) is 2.78. The number of alkyl halides is 1. The van der Waals surface area contributed by atoms with Crippen LogP contribution in [0.25, 0.3) is 0 Å². The summed E-state index contributed by atoms with van der Waals surface area (Å²) in [4.78, 5) is 0. The Labute approximate surface area is 96.6 Å². The van der Waals surface area contributed by atoms with Gasteiger partial charge in [0, 0.05) is 0 Å². The molecule has 0 aliphatic carbocycles. The predicted octanol–water partition coefficient (Wildman–Crippen LogP) is 4.08. The molecular weight excluding hydrogens is 234 g/mol. The van der Waals surface area contributed by atoms with Crippen molar-refractivity contribution in [2.45, 2.75) is 11.8 Å². The van der Waals surface area contributed by atoms with Crippen LogP contribution in [0.5, 0.6) is 0 Å². The highest BCUT2D eigenvalue weighted by Gasteiger charge is 2.15. The van der Waals surface area contributed by atoms with Gasteiger partial charge in [0.1, 0.15) is 5.76 Å². The SMILES string of the molecule is Fc1cccc(CC(Cl)c2ccco2)c1F. The second-order valence-corrected chi connectivity index (χ2v) is 3.93. The Morgan fingerprint density at radius 1 is 1.19 bits per heavy atom. The van der Waals surface area contributed by atoms with E-state index in [-0.39, 0.29) is 12.0 Å². The summed E-state index contributed by atoms with van der Waals surface area (Å²) < 4.78 is 31.4. The van der Waals surface area contributed by atoms with Gasteiger partial charge in [0.05, 0.1) is 11.6 Å². The minimum atomic E-state index is -0.860. The molecule has 2 aromatic rings. The number of hydrogen-bond acceptors (Lipinski definition) is 1. The number of halogens is 3. The maximum absolute atomic E-state index is 13.3. The van der Waals surface area contributed by atoms with E-state index in [0.717, 1.165) is 6.07 Å². The Kier molecular flexibility index (Phi) is 3.25. The fourth-order valence-electron chi connectivity index (χ4n) is 1.47. The zero-order chi connectivity index (χ0) is 11.5. The summed E-state index contributed by atoms with van der Waals surface area (Å²) in [5, 5.41) is -0.494. The van der Waals surface area contributed by atoms with E-state index in [9.17, 15) is 8.78 Å². The summed E-state index contributed by atoms with van der Waals surface area (Å²) in [6.45, 7) is 0. The van der Waals surface area contributed by atoms with Crippen LogP contribution in [0.3, 0.4) is 0 Å². The van der Waals surface area contributed by atoms with E-state index in [1.807, 2.05) is 0 Å². The highest BCUT2D eigenvalue weighted by atomic mass is 35.5. The lowest BCUT2D eigenvalue weighted by molar-refractivity contribution is 0.483. The van der Waals surface area contributed by atoms with Crippen LogP contribution < -0.4 is 0 Å². The average molecular weight is 243 g/mol. The number of hydrogen-bond donors (Lipinski definition) is 0. The zero-order valence-corrected chi connectivity index (χ0v) is 9.05. The normalized spacial score (nSPS) is 12.7. The molecule has 1 aromatic heterocycles. The van der Waals surface area contributed by atoms with Crippen LogP contribution in [-0.4, -0.2) is 0 Å². The van der Waals surface area contributed by atoms with Crippen molar-refractivity contribution in [1.82, 2.24) is 0 Å². The first kappa shape index (κ1) is 11.1. The minimum absolute atomic E-state index is 0.193. The van der Waals surface area contributed by atoms with E-state index in [1.54, 1.807) is 12.1 Å². The number of rotatable bonds is 3. The van der Waals surface area contributed by atoms with E-state index in [2.05, 4.69) is 0 Å². The smallest absolute Gasteiger partial charge is 0.162 e. The second kappa shape index (κ2) is 4.66.